The highest BCUT2D eigenvalue weighted by Gasteiger charge is 2.04. The van der Waals surface area contributed by atoms with Crippen LogP contribution in [0, 0.1) is 12.7 Å². The molecule has 2 rings (SSSR count). The van der Waals surface area contributed by atoms with Gasteiger partial charge in [0.2, 0.25) is 0 Å². The summed E-state index contributed by atoms with van der Waals surface area (Å²) in [6, 6.07) is 8.97. The van der Waals surface area contributed by atoms with Crippen molar-refractivity contribution in [1.29, 1.82) is 0 Å². The molecule has 0 aliphatic rings. The van der Waals surface area contributed by atoms with Crippen LogP contribution in [0.2, 0.25) is 0 Å². The molecule has 0 radical (unpaired) electrons. The summed E-state index contributed by atoms with van der Waals surface area (Å²) in [4.78, 5) is 6.41. The Hall–Kier alpha value is -2.14. The van der Waals surface area contributed by atoms with Gasteiger partial charge in [0, 0.05) is 24.5 Å². The Morgan fingerprint density at radius 3 is 2.61 bits per heavy atom. The summed E-state index contributed by atoms with van der Waals surface area (Å²) in [5.41, 5.74) is 9.58. The first-order valence-corrected chi connectivity index (χ1v) is 7.83. The average molecular weight is 316 g/mol. The van der Waals surface area contributed by atoms with E-state index in [0.717, 1.165) is 48.4 Å². The van der Waals surface area contributed by atoms with Gasteiger partial charge in [-0.2, -0.15) is 0 Å². The fourth-order valence-electron chi connectivity index (χ4n) is 2.49. The van der Waals surface area contributed by atoms with E-state index in [1.54, 1.807) is 6.07 Å². The number of aromatic nitrogens is 1. The number of rotatable bonds is 7. The molecule has 23 heavy (non-hydrogen) atoms. The maximum absolute atomic E-state index is 13.8. The fraction of sp³-hybridized carbons (Fsp3) is 0.389. The third kappa shape index (κ3) is 5.87. The van der Waals surface area contributed by atoms with Gasteiger partial charge in [-0.15, -0.1) is 0 Å². The van der Waals surface area contributed by atoms with Crippen molar-refractivity contribution in [1.82, 2.24) is 9.88 Å². The summed E-state index contributed by atoms with van der Waals surface area (Å²) in [6.45, 7) is 3.68. The topological polar surface area (TPSA) is 54.2 Å². The third-order valence-electron chi connectivity index (χ3n) is 3.56. The number of nitrogens with one attached hydrogen (secondary N) is 1. The molecule has 0 bridgehead atoms. The van der Waals surface area contributed by atoms with E-state index in [-0.39, 0.29) is 5.82 Å². The standard InChI is InChI=1S/C18H25FN4/c1-13-8-16(22-18(20)9-13)5-4-14-10-15(19)12-17(11-14)21-6-7-23(2)3/h8-12,21H,4-7H2,1-3H3,(H2,20,22). The molecule has 3 N–H and O–H groups in total. The molecule has 4 nitrogen and oxygen atoms in total. The SMILES string of the molecule is Cc1cc(N)nc(CCc2cc(F)cc(NCCN(C)C)c2)c1. The first-order valence-electron chi connectivity index (χ1n) is 7.83. The average Bonchev–Trinajstić information content (AvgIpc) is 2.43. The summed E-state index contributed by atoms with van der Waals surface area (Å²) < 4.78 is 13.8. The van der Waals surface area contributed by atoms with E-state index < -0.39 is 0 Å². The number of hydrogen-bond donors (Lipinski definition) is 2. The zero-order valence-corrected chi connectivity index (χ0v) is 14.1. The molecule has 0 aliphatic carbocycles. The number of aryl methyl sites for hydroxylation is 3. The van der Waals surface area contributed by atoms with Gasteiger partial charge in [0.1, 0.15) is 11.6 Å². The number of pyridine rings is 1. The molecule has 2 aromatic rings. The van der Waals surface area contributed by atoms with Crippen LogP contribution in [-0.2, 0) is 12.8 Å². The highest BCUT2D eigenvalue weighted by Crippen LogP contribution is 2.16. The lowest BCUT2D eigenvalue weighted by Gasteiger charge is -2.12. The predicted octanol–water partition coefficient (Wildman–Crippen LogP) is 2.87. The van der Waals surface area contributed by atoms with E-state index in [2.05, 4.69) is 15.2 Å². The fourth-order valence-corrected chi connectivity index (χ4v) is 2.49. The first kappa shape index (κ1) is 17.2. The van der Waals surface area contributed by atoms with Gasteiger partial charge in [0.05, 0.1) is 0 Å². The first-order chi connectivity index (χ1) is 10.9. The zero-order valence-electron chi connectivity index (χ0n) is 14.1. The van der Waals surface area contributed by atoms with Crippen molar-refractivity contribution in [2.45, 2.75) is 19.8 Å². The maximum atomic E-state index is 13.8. The summed E-state index contributed by atoms with van der Waals surface area (Å²) in [7, 11) is 4.03. The molecule has 0 saturated heterocycles. The van der Waals surface area contributed by atoms with E-state index in [9.17, 15) is 4.39 Å². The van der Waals surface area contributed by atoms with Crippen molar-refractivity contribution in [2.24, 2.45) is 0 Å². The Morgan fingerprint density at radius 1 is 1.13 bits per heavy atom. The largest absolute Gasteiger partial charge is 0.384 e. The number of nitrogens with two attached hydrogens (primary N) is 1. The molecule has 0 fully saturated rings. The molecule has 0 aliphatic heterocycles. The second-order valence-electron chi connectivity index (χ2n) is 6.14. The van der Waals surface area contributed by atoms with Gasteiger partial charge < -0.3 is 16.0 Å². The molecular weight excluding hydrogens is 291 g/mol. The van der Waals surface area contributed by atoms with Crippen LogP contribution in [0.25, 0.3) is 0 Å². The van der Waals surface area contributed by atoms with Crippen molar-refractivity contribution < 1.29 is 4.39 Å². The van der Waals surface area contributed by atoms with E-state index in [1.165, 1.54) is 6.07 Å². The highest BCUT2D eigenvalue weighted by atomic mass is 19.1. The summed E-state index contributed by atoms with van der Waals surface area (Å²) in [5.74, 6) is 0.317. The molecule has 124 valence electrons. The number of nitrogens with zero attached hydrogens (tertiary/aromatic N) is 2. The van der Waals surface area contributed by atoms with Crippen molar-refractivity contribution in [3.63, 3.8) is 0 Å². The van der Waals surface area contributed by atoms with Crippen LogP contribution in [-0.4, -0.2) is 37.1 Å². The Morgan fingerprint density at radius 2 is 1.91 bits per heavy atom. The minimum absolute atomic E-state index is 0.216. The predicted molar refractivity (Wildman–Crippen MR) is 94.2 cm³/mol. The van der Waals surface area contributed by atoms with Gasteiger partial charge in [-0.3, -0.25) is 0 Å². The second kappa shape index (κ2) is 7.92. The highest BCUT2D eigenvalue weighted by molar-refractivity contribution is 5.46. The van der Waals surface area contributed by atoms with Gasteiger partial charge in [0.15, 0.2) is 0 Å². The number of hydrogen-bond acceptors (Lipinski definition) is 4. The lowest BCUT2D eigenvalue weighted by Crippen LogP contribution is -2.20. The van der Waals surface area contributed by atoms with E-state index >= 15 is 0 Å². The molecule has 0 spiro atoms. The van der Waals surface area contributed by atoms with Crippen molar-refractivity contribution in [3.05, 3.63) is 53.0 Å². The quantitative estimate of drug-likeness (QED) is 0.825. The number of nitrogen functional groups attached to an aromatic ring is 1. The van der Waals surface area contributed by atoms with Crippen LogP contribution < -0.4 is 11.1 Å². The molecular formula is C18H25FN4. The minimum atomic E-state index is -0.216. The van der Waals surface area contributed by atoms with Gasteiger partial charge in [-0.25, -0.2) is 9.37 Å². The van der Waals surface area contributed by atoms with Crippen LogP contribution in [0.5, 0.6) is 0 Å². The maximum Gasteiger partial charge on any atom is 0.125 e. The van der Waals surface area contributed by atoms with Gasteiger partial charge >= 0.3 is 0 Å². The molecule has 1 aromatic heterocycles. The van der Waals surface area contributed by atoms with Crippen LogP contribution in [0.4, 0.5) is 15.9 Å². The molecule has 5 heteroatoms. The molecule has 1 heterocycles. The summed E-state index contributed by atoms with van der Waals surface area (Å²) in [6.07, 6.45) is 1.47. The Labute approximate surface area is 137 Å². The van der Waals surface area contributed by atoms with Crippen LogP contribution in [0.15, 0.2) is 30.3 Å². The van der Waals surface area contributed by atoms with Crippen molar-refractivity contribution in [3.8, 4) is 0 Å². The summed E-state index contributed by atoms with van der Waals surface area (Å²) in [5, 5.41) is 3.26. The molecule has 0 saturated carbocycles. The van der Waals surface area contributed by atoms with E-state index in [4.69, 9.17) is 5.73 Å². The normalized spacial score (nSPS) is 11.0. The Kier molecular flexibility index (Phi) is 5.93. The third-order valence-corrected chi connectivity index (χ3v) is 3.56. The molecule has 1 aromatic carbocycles. The number of anilines is 2. The van der Waals surface area contributed by atoms with Crippen LogP contribution in [0.3, 0.4) is 0 Å². The molecule has 0 unspecified atom stereocenters. The zero-order chi connectivity index (χ0) is 16.8. The van der Waals surface area contributed by atoms with Gasteiger partial charge in [-0.05, 0) is 75.3 Å². The van der Waals surface area contributed by atoms with Gasteiger partial charge in [-0.1, -0.05) is 0 Å². The van der Waals surface area contributed by atoms with Crippen LogP contribution >= 0.6 is 0 Å². The second-order valence-corrected chi connectivity index (χ2v) is 6.14. The van der Waals surface area contributed by atoms with Crippen molar-refractivity contribution in [2.75, 3.05) is 38.2 Å². The number of benzene rings is 1. The monoisotopic (exact) mass is 316 g/mol. The molecule has 0 atom stereocenters. The van der Waals surface area contributed by atoms with Crippen LogP contribution in [0.1, 0.15) is 16.8 Å². The Balaban J connectivity index is 2.00. The Bertz CT molecular complexity index is 635. The van der Waals surface area contributed by atoms with E-state index in [0.29, 0.717) is 5.82 Å². The lowest BCUT2D eigenvalue weighted by molar-refractivity contribution is 0.425. The van der Waals surface area contributed by atoms with E-state index in [1.807, 2.05) is 39.2 Å². The molecule has 0 amide bonds. The number of likely N-dealkylation sites (N-methyl/N-ethyl adjacent to an activating group) is 1. The van der Waals surface area contributed by atoms with Crippen molar-refractivity contribution >= 4 is 11.5 Å². The van der Waals surface area contributed by atoms with Gasteiger partial charge in [0.25, 0.3) is 0 Å². The summed E-state index contributed by atoms with van der Waals surface area (Å²) >= 11 is 0. The number of halogens is 1. The minimum Gasteiger partial charge on any atom is -0.384 e. The lowest BCUT2D eigenvalue weighted by atomic mass is 10.1. The smallest absolute Gasteiger partial charge is 0.125 e.